The van der Waals surface area contributed by atoms with Crippen molar-refractivity contribution in [2.75, 3.05) is 0 Å². The standard InChI is InChI=1S/C14H22O2/c1-3-5-7-8-9-10-12-13(14(15)16)11-6-4-2/h6-8,11-12H,3-5,9-10H2,1-2H3,(H,15,16)/b8-7+,11-6+,13-12+. The van der Waals surface area contributed by atoms with Crippen LogP contribution >= 0.6 is 0 Å². The van der Waals surface area contributed by atoms with Gasteiger partial charge in [0.1, 0.15) is 0 Å². The van der Waals surface area contributed by atoms with Gasteiger partial charge >= 0.3 is 5.97 Å². The highest BCUT2D eigenvalue weighted by atomic mass is 16.4. The van der Waals surface area contributed by atoms with Crippen LogP contribution in [-0.2, 0) is 4.79 Å². The molecule has 2 heteroatoms. The molecule has 0 saturated carbocycles. The van der Waals surface area contributed by atoms with E-state index in [9.17, 15) is 4.79 Å². The van der Waals surface area contributed by atoms with Gasteiger partial charge in [-0.05, 0) is 25.7 Å². The molecule has 0 heterocycles. The monoisotopic (exact) mass is 222 g/mol. The Balaban J connectivity index is 4.05. The van der Waals surface area contributed by atoms with Crippen molar-refractivity contribution in [1.29, 1.82) is 0 Å². The first-order chi connectivity index (χ1) is 7.72. The van der Waals surface area contributed by atoms with Crippen LogP contribution in [0.1, 0.15) is 46.0 Å². The number of hydrogen-bond acceptors (Lipinski definition) is 1. The molecule has 0 aromatic carbocycles. The number of carboxylic acid groups (broad SMARTS) is 1. The average molecular weight is 222 g/mol. The molecule has 0 bridgehead atoms. The normalized spacial score (nSPS) is 12.8. The maximum atomic E-state index is 10.8. The van der Waals surface area contributed by atoms with Crippen LogP contribution in [0, 0.1) is 0 Å². The molecule has 0 saturated heterocycles. The van der Waals surface area contributed by atoms with Crippen molar-refractivity contribution in [2.45, 2.75) is 46.0 Å². The number of aliphatic carboxylic acids is 1. The summed E-state index contributed by atoms with van der Waals surface area (Å²) in [6, 6.07) is 0. The molecular weight excluding hydrogens is 200 g/mol. The number of unbranched alkanes of at least 4 members (excludes halogenated alkanes) is 2. The maximum absolute atomic E-state index is 10.8. The van der Waals surface area contributed by atoms with Crippen molar-refractivity contribution in [1.82, 2.24) is 0 Å². The lowest BCUT2D eigenvalue weighted by Gasteiger charge is -1.94. The third-order valence-corrected chi connectivity index (χ3v) is 2.10. The molecule has 0 amide bonds. The zero-order valence-electron chi connectivity index (χ0n) is 10.3. The highest BCUT2D eigenvalue weighted by molar-refractivity contribution is 5.89. The Morgan fingerprint density at radius 2 is 1.75 bits per heavy atom. The molecule has 0 aliphatic carbocycles. The lowest BCUT2D eigenvalue weighted by molar-refractivity contribution is -0.132. The minimum absolute atomic E-state index is 0.394. The Morgan fingerprint density at radius 3 is 2.31 bits per heavy atom. The van der Waals surface area contributed by atoms with Gasteiger partial charge in [-0.2, -0.15) is 0 Å². The summed E-state index contributed by atoms with van der Waals surface area (Å²) in [5.74, 6) is -0.845. The smallest absolute Gasteiger partial charge is 0.335 e. The molecule has 0 atom stereocenters. The SMILES string of the molecule is CC/C=C/C(=C\CC/C=C/CCC)C(=O)O. The maximum Gasteiger partial charge on any atom is 0.335 e. The molecule has 0 aliphatic heterocycles. The Labute approximate surface area is 98.4 Å². The van der Waals surface area contributed by atoms with Crippen LogP contribution in [0.2, 0.25) is 0 Å². The topological polar surface area (TPSA) is 37.3 Å². The van der Waals surface area contributed by atoms with E-state index in [1.165, 1.54) is 0 Å². The molecule has 0 radical (unpaired) electrons. The van der Waals surface area contributed by atoms with Crippen molar-refractivity contribution in [3.8, 4) is 0 Å². The zero-order valence-corrected chi connectivity index (χ0v) is 10.3. The highest BCUT2D eigenvalue weighted by Gasteiger charge is 2.00. The van der Waals surface area contributed by atoms with Gasteiger partial charge in [0.05, 0.1) is 5.57 Å². The molecule has 0 spiro atoms. The third kappa shape index (κ3) is 8.04. The first-order valence-electron chi connectivity index (χ1n) is 5.97. The first-order valence-corrected chi connectivity index (χ1v) is 5.97. The van der Waals surface area contributed by atoms with Crippen molar-refractivity contribution in [3.63, 3.8) is 0 Å². The number of allylic oxidation sites excluding steroid dienone is 4. The van der Waals surface area contributed by atoms with E-state index in [-0.39, 0.29) is 0 Å². The number of carboxylic acids is 1. The molecule has 0 rings (SSSR count). The van der Waals surface area contributed by atoms with Gasteiger partial charge < -0.3 is 5.11 Å². The van der Waals surface area contributed by atoms with E-state index in [1.807, 2.05) is 13.0 Å². The van der Waals surface area contributed by atoms with Gasteiger partial charge in [0, 0.05) is 0 Å². The van der Waals surface area contributed by atoms with E-state index in [2.05, 4.69) is 19.1 Å². The van der Waals surface area contributed by atoms with Crippen LogP contribution < -0.4 is 0 Å². The van der Waals surface area contributed by atoms with Crippen LogP contribution in [0.4, 0.5) is 0 Å². The number of carbonyl (C=O) groups is 1. The van der Waals surface area contributed by atoms with E-state index in [0.717, 1.165) is 32.1 Å². The van der Waals surface area contributed by atoms with Crippen LogP contribution in [0.25, 0.3) is 0 Å². The van der Waals surface area contributed by atoms with E-state index >= 15 is 0 Å². The Morgan fingerprint density at radius 1 is 1.06 bits per heavy atom. The predicted molar refractivity (Wildman–Crippen MR) is 68.4 cm³/mol. The van der Waals surface area contributed by atoms with Gasteiger partial charge in [-0.15, -0.1) is 0 Å². The third-order valence-electron chi connectivity index (χ3n) is 2.10. The van der Waals surface area contributed by atoms with E-state index in [0.29, 0.717) is 5.57 Å². The Bertz CT molecular complexity index is 272. The summed E-state index contributed by atoms with van der Waals surface area (Å²) in [6.07, 6.45) is 14.4. The average Bonchev–Trinajstić information content (AvgIpc) is 2.26. The summed E-state index contributed by atoms with van der Waals surface area (Å²) in [5, 5.41) is 8.90. The summed E-state index contributed by atoms with van der Waals surface area (Å²) in [6.45, 7) is 4.13. The quantitative estimate of drug-likeness (QED) is 0.290. The number of rotatable bonds is 8. The molecule has 0 aliphatic rings. The second kappa shape index (κ2) is 10.2. The molecule has 0 aromatic heterocycles. The largest absolute Gasteiger partial charge is 0.478 e. The fraction of sp³-hybridized carbons (Fsp3) is 0.500. The minimum Gasteiger partial charge on any atom is -0.478 e. The first kappa shape index (κ1) is 14.7. The van der Waals surface area contributed by atoms with Gasteiger partial charge in [-0.3, -0.25) is 0 Å². The van der Waals surface area contributed by atoms with Crippen LogP contribution in [0.15, 0.2) is 36.0 Å². The molecule has 0 fully saturated rings. The van der Waals surface area contributed by atoms with Gasteiger partial charge in [-0.25, -0.2) is 4.79 Å². The number of hydrogen-bond donors (Lipinski definition) is 1. The highest BCUT2D eigenvalue weighted by Crippen LogP contribution is 2.04. The van der Waals surface area contributed by atoms with Crippen molar-refractivity contribution < 1.29 is 9.90 Å². The van der Waals surface area contributed by atoms with E-state index in [4.69, 9.17) is 5.11 Å². The van der Waals surface area contributed by atoms with E-state index in [1.54, 1.807) is 12.2 Å². The van der Waals surface area contributed by atoms with E-state index < -0.39 is 5.97 Å². The van der Waals surface area contributed by atoms with Crippen LogP contribution in [0.5, 0.6) is 0 Å². The second-order valence-corrected chi connectivity index (χ2v) is 3.61. The molecule has 1 N–H and O–H groups in total. The molecule has 0 aromatic rings. The minimum atomic E-state index is -0.845. The lowest BCUT2D eigenvalue weighted by atomic mass is 10.1. The fourth-order valence-corrected chi connectivity index (χ4v) is 1.21. The second-order valence-electron chi connectivity index (χ2n) is 3.61. The van der Waals surface area contributed by atoms with Gasteiger partial charge in [0.25, 0.3) is 0 Å². The predicted octanol–water partition coefficient (Wildman–Crippen LogP) is 4.10. The van der Waals surface area contributed by atoms with Crippen molar-refractivity contribution in [3.05, 3.63) is 36.0 Å². The fourth-order valence-electron chi connectivity index (χ4n) is 1.21. The lowest BCUT2D eigenvalue weighted by Crippen LogP contribution is -1.97. The van der Waals surface area contributed by atoms with Gasteiger partial charge in [0.15, 0.2) is 0 Å². The Kier molecular flexibility index (Phi) is 9.38. The summed E-state index contributed by atoms with van der Waals surface area (Å²) in [5.41, 5.74) is 0.394. The van der Waals surface area contributed by atoms with Crippen molar-refractivity contribution >= 4 is 5.97 Å². The summed E-state index contributed by atoms with van der Waals surface area (Å²) < 4.78 is 0. The van der Waals surface area contributed by atoms with Gasteiger partial charge in [-0.1, -0.05) is 50.6 Å². The zero-order chi connectivity index (χ0) is 12.2. The van der Waals surface area contributed by atoms with Gasteiger partial charge in [0.2, 0.25) is 0 Å². The summed E-state index contributed by atoms with van der Waals surface area (Å²) in [4.78, 5) is 10.8. The molecule has 0 unspecified atom stereocenters. The summed E-state index contributed by atoms with van der Waals surface area (Å²) >= 11 is 0. The summed E-state index contributed by atoms with van der Waals surface area (Å²) in [7, 11) is 0. The van der Waals surface area contributed by atoms with Crippen molar-refractivity contribution in [2.24, 2.45) is 0 Å². The molecule has 90 valence electrons. The molecule has 2 nitrogen and oxygen atoms in total. The Hall–Kier alpha value is -1.31. The molecule has 16 heavy (non-hydrogen) atoms. The van der Waals surface area contributed by atoms with Crippen LogP contribution in [0.3, 0.4) is 0 Å². The molecular formula is C14H22O2. The van der Waals surface area contributed by atoms with Crippen LogP contribution in [-0.4, -0.2) is 11.1 Å².